The SMILES string of the molecule is Cc1nnc(Sc2cnccc2N)o1. The van der Waals surface area contributed by atoms with E-state index in [0.29, 0.717) is 16.8 Å². The minimum atomic E-state index is 0.474. The van der Waals surface area contributed by atoms with Gasteiger partial charge in [-0.05, 0) is 17.8 Å². The lowest BCUT2D eigenvalue weighted by molar-refractivity contribution is 0.429. The maximum Gasteiger partial charge on any atom is 0.281 e. The van der Waals surface area contributed by atoms with Crippen molar-refractivity contribution >= 4 is 17.4 Å². The molecular weight excluding hydrogens is 200 g/mol. The van der Waals surface area contributed by atoms with Crippen molar-refractivity contribution in [3.05, 3.63) is 24.4 Å². The maximum absolute atomic E-state index is 5.72. The number of aromatic nitrogens is 3. The van der Waals surface area contributed by atoms with Gasteiger partial charge < -0.3 is 10.2 Å². The summed E-state index contributed by atoms with van der Waals surface area (Å²) < 4.78 is 5.20. The van der Waals surface area contributed by atoms with Crippen molar-refractivity contribution in [2.24, 2.45) is 0 Å². The molecule has 2 aromatic heterocycles. The number of nitrogens with zero attached hydrogens (tertiary/aromatic N) is 3. The summed E-state index contributed by atoms with van der Waals surface area (Å²) >= 11 is 1.31. The summed E-state index contributed by atoms with van der Waals surface area (Å²) in [6, 6.07) is 1.73. The second-order valence-corrected chi connectivity index (χ2v) is 3.60. The number of nitrogens with two attached hydrogens (primary N) is 1. The van der Waals surface area contributed by atoms with Crippen molar-refractivity contribution in [3.8, 4) is 0 Å². The first-order chi connectivity index (χ1) is 6.75. The molecule has 2 rings (SSSR count). The Morgan fingerprint density at radius 1 is 1.43 bits per heavy atom. The number of hydrogen-bond acceptors (Lipinski definition) is 6. The molecule has 0 aliphatic heterocycles. The summed E-state index contributed by atoms with van der Waals surface area (Å²) in [7, 11) is 0. The van der Waals surface area contributed by atoms with E-state index in [0.717, 1.165) is 4.90 Å². The lowest BCUT2D eigenvalue weighted by Crippen LogP contribution is -1.88. The van der Waals surface area contributed by atoms with E-state index in [1.165, 1.54) is 11.8 Å². The zero-order valence-corrected chi connectivity index (χ0v) is 8.28. The Morgan fingerprint density at radius 2 is 2.29 bits per heavy atom. The highest BCUT2D eigenvalue weighted by Crippen LogP contribution is 2.29. The minimum Gasteiger partial charge on any atom is -0.416 e. The van der Waals surface area contributed by atoms with Gasteiger partial charge in [0, 0.05) is 25.0 Å². The average molecular weight is 208 g/mol. The monoisotopic (exact) mass is 208 g/mol. The standard InChI is InChI=1S/C8H8N4OS/c1-5-11-12-8(13-5)14-7-4-10-3-2-6(7)9/h2-4H,1H3,(H2,9,10). The summed E-state index contributed by atoms with van der Waals surface area (Å²) in [5, 5.41) is 8.03. The quantitative estimate of drug-likeness (QED) is 0.805. The highest BCUT2D eigenvalue weighted by atomic mass is 32.2. The first-order valence-electron chi connectivity index (χ1n) is 3.93. The molecule has 14 heavy (non-hydrogen) atoms. The van der Waals surface area contributed by atoms with E-state index in [2.05, 4.69) is 15.2 Å². The van der Waals surface area contributed by atoms with Crippen LogP contribution in [0, 0.1) is 6.92 Å². The molecule has 0 aliphatic carbocycles. The molecule has 0 radical (unpaired) electrons. The number of rotatable bonds is 2. The summed E-state index contributed by atoms with van der Waals surface area (Å²) in [6.07, 6.45) is 3.30. The van der Waals surface area contributed by atoms with Crippen LogP contribution in [-0.2, 0) is 0 Å². The molecule has 0 atom stereocenters. The minimum absolute atomic E-state index is 0.474. The van der Waals surface area contributed by atoms with E-state index in [1.54, 1.807) is 25.4 Å². The molecule has 0 unspecified atom stereocenters. The van der Waals surface area contributed by atoms with Gasteiger partial charge in [-0.1, -0.05) is 0 Å². The molecule has 0 bridgehead atoms. The molecule has 6 heteroatoms. The fraction of sp³-hybridized carbons (Fsp3) is 0.125. The van der Waals surface area contributed by atoms with E-state index >= 15 is 0 Å². The highest BCUT2D eigenvalue weighted by molar-refractivity contribution is 7.99. The third-order valence-corrected chi connectivity index (χ3v) is 2.42. The lowest BCUT2D eigenvalue weighted by Gasteiger charge is -1.98. The zero-order chi connectivity index (χ0) is 9.97. The average Bonchev–Trinajstić information content (AvgIpc) is 2.56. The molecule has 0 amide bonds. The van der Waals surface area contributed by atoms with Crippen LogP contribution in [-0.4, -0.2) is 15.2 Å². The van der Waals surface area contributed by atoms with E-state index < -0.39 is 0 Å². The summed E-state index contributed by atoms with van der Waals surface area (Å²) in [5.41, 5.74) is 6.38. The summed E-state index contributed by atoms with van der Waals surface area (Å²) in [5.74, 6) is 0.537. The molecule has 0 aliphatic rings. The fourth-order valence-corrected chi connectivity index (χ4v) is 1.62. The van der Waals surface area contributed by atoms with Crippen molar-refractivity contribution in [2.45, 2.75) is 17.0 Å². The fourth-order valence-electron chi connectivity index (χ4n) is 0.890. The van der Waals surface area contributed by atoms with Gasteiger partial charge in [0.1, 0.15) is 0 Å². The Bertz CT molecular complexity index is 442. The van der Waals surface area contributed by atoms with Gasteiger partial charge in [0.05, 0.1) is 4.90 Å². The Kier molecular flexibility index (Phi) is 2.36. The van der Waals surface area contributed by atoms with Crippen LogP contribution in [0.4, 0.5) is 5.69 Å². The van der Waals surface area contributed by atoms with Crippen LogP contribution in [0.1, 0.15) is 5.89 Å². The van der Waals surface area contributed by atoms with Gasteiger partial charge in [-0.2, -0.15) is 0 Å². The predicted molar refractivity (Wildman–Crippen MR) is 51.8 cm³/mol. The van der Waals surface area contributed by atoms with Crippen LogP contribution >= 0.6 is 11.8 Å². The van der Waals surface area contributed by atoms with Crippen LogP contribution in [0.15, 0.2) is 33.0 Å². The molecule has 0 fully saturated rings. The Balaban J connectivity index is 2.23. The Labute approximate surface area is 84.7 Å². The molecule has 0 aromatic carbocycles. The maximum atomic E-state index is 5.72. The second kappa shape index (κ2) is 3.67. The second-order valence-electron chi connectivity index (χ2n) is 2.60. The molecular formula is C8H8N4OS. The predicted octanol–water partition coefficient (Wildman–Crippen LogP) is 1.51. The van der Waals surface area contributed by atoms with Crippen molar-refractivity contribution in [1.82, 2.24) is 15.2 Å². The van der Waals surface area contributed by atoms with Gasteiger partial charge >= 0.3 is 0 Å². The summed E-state index contributed by atoms with van der Waals surface area (Å²) in [4.78, 5) is 4.77. The van der Waals surface area contributed by atoms with Crippen LogP contribution < -0.4 is 5.73 Å². The lowest BCUT2D eigenvalue weighted by atomic mass is 10.4. The zero-order valence-electron chi connectivity index (χ0n) is 7.47. The molecule has 5 nitrogen and oxygen atoms in total. The van der Waals surface area contributed by atoms with E-state index in [1.807, 2.05) is 0 Å². The number of nitrogen functional groups attached to an aromatic ring is 1. The topological polar surface area (TPSA) is 77.8 Å². The van der Waals surface area contributed by atoms with Gasteiger partial charge in [-0.25, -0.2) is 0 Å². The molecule has 72 valence electrons. The normalized spacial score (nSPS) is 10.4. The third-order valence-electron chi connectivity index (χ3n) is 1.52. The number of anilines is 1. The molecule has 0 spiro atoms. The highest BCUT2D eigenvalue weighted by Gasteiger charge is 2.07. The van der Waals surface area contributed by atoms with Crippen molar-refractivity contribution in [1.29, 1.82) is 0 Å². The van der Waals surface area contributed by atoms with Gasteiger partial charge in [-0.3, -0.25) is 4.98 Å². The molecule has 2 N–H and O–H groups in total. The van der Waals surface area contributed by atoms with Crippen molar-refractivity contribution in [2.75, 3.05) is 5.73 Å². The van der Waals surface area contributed by atoms with Crippen molar-refractivity contribution in [3.63, 3.8) is 0 Å². The molecule has 0 saturated heterocycles. The Hall–Kier alpha value is -1.56. The van der Waals surface area contributed by atoms with E-state index in [4.69, 9.17) is 10.2 Å². The molecule has 0 saturated carbocycles. The van der Waals surface area contributed by atoms with Crippen molar-refractivity contribution < 1.29 is 4.42 Å². The molecule has 2 aromatic rings. The first kappa shape index (κ1) is 9.01. The molecule has 2 heterocycles. The number of pyridine rings is 1. The van der Waals surface area contributed by atoms with Crippen LogP contribution in [0.5, 0.6) is 0 Å². The van der Waals surface area contributed by atoms with Gasteiger partial charge in [-0.15, -0.1) is 10.2 Å². The largest absolute Gasteiger partial charge is 0.416 e. The van der Waals surface area contributed by atoms with E-state index in [9.17, 15) is 0 Å². The Morgan fingerprint density at radius 3 is 2.93 bits per heavy atom. The first-order valence-corrected chi connectivity index (χ1v) is 4.75. The van der Waals surface area contributed by atoms with E-state index in [-0.39, 0.29) is 0 Å². The summed E-state index contributed by atoms with van der Waals surface area (Å²) in [6.45, 7) is 1.74. The number of aryl methyl sites for hydroxylation is 1. The third kappa shape index (κ3) is 1.85. The van der Waals surface area contributed by atoms with Gasteiger partial charge in [0.15, 0.2) is 0 Å². The van der Waals surface area contributed by atoms with Crippen LogP contribution in [0.3, 0.4) is 0 Å². The number of hydrogen-bond donors (Lipinski definition) is 1. The van der Waals surface area contributed by atoms with Crippen LogP contribution in [0.25, 0.3) is 0 Å². The van der Waals surface area contributed by atoms with Crippen LogP contribution in [0.2, 0.25) is 0 Å². The smallest absolute Gasteiger partial charge is 0.281 e. The van der Waals surface area contributed by atoms with Gasteiger partial charge in [0.2, 0.25) is 5.89 Å². The van der Waals surface area contributed by atoms with Gasteiger partial charge in [0.25, 0.3) is 5.22 Å².